The molecule has 43 heavy (non-hydrogen) atoms. The van der Waals surface area contributed by atoms with Crippen LogP contribution in [0.15, 0.2) is 54.9 Å². The van der Waals surface area contributed by atoms with Gasteiger partial charge in [0.25, 0.3) is 0 Å². The fourth-order valence-corrected chi connectivity index (χ4v) is 4.74. The van der Waals surface area contributed by atoms with Crippen molar-refractivity contribution in [3.63, 3.8) is 0 Å². The zero-order valence-electron chi connectivity index (χ0n) is 25.0. The van der Waals surface area contributed by atoms with E-state index in [1.165, 1.54) is 0 Å². The second kappa shape index (κ2) is 11.8. The summed E-state index contributed by atoms with van der Waals surface area (Å²) in [6, 6.07) is 12.3. The fourth-order valence-electron chi connectivity index (χ4n) is 4.53. The van der Waals surface area contributed by atoms with Gasteiger partial charge in [0.05, 0.1) is 19.7 Å². The van der Waals surface area contributed by atoms with Gasteiger partial charge in [-0.05, 0) is 61.4 Å². The minimum Gasteiger partial charge on any atom is -0.493 e. The number of hydrogen-bond acceptors (Lipinski definition) is 7. The molecule has 0 bridgehead atoms. The van der Waals surface area contributed by atoms with E-state index in [4.69, 9.17) is 30.8 Å². The molecule has 0 radical (unpaired) electrons. The first kappa shape index (κ1) is 29.7. The highest BCUT2D eigenvalue weighted by Gasteiger charge is 2.24. The number of aryl methyl sites for hydroxylation is 2. The second-order valence-electron chi connectivity index (χ2n) is 11.0. The van der Waals surface area contributed by atoms with Crippen molar-refractivity contribution in [2.75, 3.05) is 24.9 Å². The van der Waals surface area contributed by atoms with Crippen molar-refractivity contribution >= 4 is 40.0 Å². The van der Waals surface area contributed by atoms with Crippen molar-refractivity contribution in [1.82, 2.24) is 19.9 Å². The van der Waals surface area contributed by atoms with Crippen molar-refractivity contribution < 1.29 is 19.0 Å². The Hall–Kier alpha value is -4.83. The van der Waals surface area contributed by atoms with Gasteiger partial charge in [-0.25, -0.2) is 14.8 Å². The Kier molecular flexibility index (Phi) is 8.14. The van der Waals surface area contributed by atoms with Gasteiger partial charge < -0.3 is 24.5 Å². The number of hydrogen-bond donors (Lipinski definition) is 3. The molecule has 10 nitrogen and oxygen atoms in total. The van der Waals surface area contributed by atoms with Gasteiger partial charge in [-0.1, -0.05) is 32.4 Å². The van der Waals surface area contributed by atoms with E-state index in [0.717, 1.165) is 16.5 Å². The van der Waals surface area contributed by atoms with E-state index >= 15 is 0 Å². The number of rotatable bonds is 7. The lowest BCUT2D eigenvalue weighted by Gasteiger charge is -2.16. The van der Waals surface area contributed by atoms with Crippen molar-refractivity contribution in [2.24, 2.45) is 0 Å². The van der Waals surface area contributed by atoms with Gasteiger partial charge in [-0.2, -0.15) is 0 Å². The average Bonchev–Trinajstić information content (AvgIpc) is 3.39. The second-order valence-corrected chi connectivity index (χ2v) is 11.4. The van der Waals surface area contributed by atoms with Crippen LogP contribution in [-0.2, 0) is 5.41 Å². The van der Waals surface area contributed by atoms with Crippen LogP contribution in [0.25, 0.3) is 22.2 Å². The van der Waals surface area contributed by atoms with E-state index in [1.54, 1.807) is 38.7 Å². The molecule has 5 rings (SSSR count). The summed E-state index contributed by atoms with van der Waals surface area (Å²) in [6.45, 7) is 9.90. The fraction of sp³-hybridized carbons (Fsp3) is 0.250. The standard InChI is InChI=1S/C32H33ClN6O4/c1-17-14-24(43-23-10-12-34-22-16-26(42-7)25(41-6)15-20(22)23)18(2)13-21(17)36-31(40)39-29-27(19-9-8-11-35-28(19)33)37-30(38-29)32(3,4)5/h8-16H,1-7H3,(H,37,38)(H2,36,39,40). The average molecular weight is 601 g/mol. The molecule has 3 N–H and O–H groups in total. The first-order valence-corrected chi connectivity index (χ1v) is 14.0. The summed E-state index contributed by atoms with van der Waals surface area (Å²) < 4.78 is 17.2. The van der Waals surface area contributed by atoms with Crippen LogP contribution in [0.2, 0.25) is 5.15 Å². The smallest absolute Gasteiger partial charge is 0.324 e. The maximum atomic E-state index is 13.2. The summed E-state index contributed by atoms with van der Waals surface area (Å²) in [5.41, 5.74) is 3.80. The summed E-state index contributed by atoms with van der Waals surface area (Å²) in [7, 11) is 3.17. The molecule has 11 heteroatoms. The molecule has 0 aliphatic heterocycles. The summed E-state index contributed by atoms with van der Waals surface area (Å²) >= 11 is 6.37. The Morgan fingerprint density at radius 2 is 1.63 bits per heavy atom. The quantitative estimate of drug-likeness (QED) is 0.161. The van der Waals surface area contributed by atoms with Crippen LogP contribution in [0.5, 0.6) is 23.0 Å². The topological polar surface area (TPSA) is 123 Å². The molecule has 5 aromatic rings. The van der Waals surface area contributed by atoms with Crippen molar-refractivity contribution in [3.05, 3.63) is 77.0 Å². The monoisotopic (exact) mass is 600 g/mol. The van der Waals surface area contributed by atoms with Crippen LogP contribution in [-0.4, -0.2) is 40.2 Å². The lowest BCUT2D eigenvalue weighted by molar-refractivity contribution is 0.262. The summed E-state index contributed by atoms with van der Waals surface area (Å²) in [4.78, 5) is 29.8. The molecule has 0 atom stereocenters. The number of ether oxygens (including phenoxy) is 3. The van der Waals surface area contributed by atoms with E-state index in [2.05, 4.69) is 25.6 Å². The zero-order valence-corrected chi connectivity index (χ0v) is 25.8. The largest absolute Gasteiger partial charge is 0.493 e. The number of aromatic amines is 1. The number of urea groups is 1. The number of carbonyl (C=O) groups excluding carboxylic acids is 1. The Morgan fingerprint density at radius 1 is 0.884 bits per heavy atom. The molecule has 222 valence electrons. The third-order valence-electron chi connectivity index (χ3n) is 6.86. The minimum absolute atomic E-state index is 0.291. The number of fused-ring (bicyclic) bond motifs is 1. The molecule has 3 heterocycles. The number of aromatic nitrogens is 4. The van der Waals surface area contributed by atoms with Gasteiger partial charge >= 0.3 is 6.03 Å². The molecule has 0 fully saturated rings. The Morgan fingerprint density at radius 3 is 2.33 bits per heavy atom. The number of anilines is 2. The maximum Gasteiger partial charge on any atom is 0.324 e. The predicted octanol–water partition coefficient (Wildman–Crippen LogP) is 8.04. The molecule has 2 aromatic carbocycles. The number of nitrogens with zero attached hydrogens (tertiary/aromatic N) is 3. The number of halogens is 1. The highest BCUT2D eigenvalue weighted by Crippen LogP contribution is 2.39. The van der Waals surface area contributed by atoms with Gasteiger partial charge in [0, 0.05) is 40.5 Å². The first-order chi connectivity index (χ1) is 20.5. The van der Waals surface area contributed by atoms with Crippen LogP contribution in [0, 0.1) is 13.8 Å². The van der Waals surface area contributed by atoms with E-state index in [0.29, 0.717) is 62.3 Å². The van der Waals surface area contributed by atoms with Crippen molar-refractivity contribution in [2.45, 2.75) is 40.0 Å². The number of pyridine rings is 2. The van der Waals surface area contributed by atoms with Gasteiger partial charge in [0.1, 0.15) is 34.0 Å². The van der Waals surface area contributed by atoms with Crippen molar-refractivity contribution in [1.29, 1.82) is 0 Å². The van der Waals surface area contributed by atoms with Crippen LogP contribution < -0.4 is 24.8 Å². The number of carbonyl (C=O) groups is 1. The molecular weight excluding hydrogens is 568 g/mol. The van der Waals surface area contributed by atoms with Crippen LogP contribution in [0.4, 0.5) is 16.3 Å². The third kappa shape index (κ3) is 6.19. The molecule has 0 spiro atoms. The van der Waals surface area contributed by atoms with E-state index in [-0.39, 0.29) is 5.41 Å². The first-order valence-electron chi connectivity index (χ1n) is 13.6. The predicted molar refractivity (Wildman–Crippen MR) is 169 cm³/mol. The number of amides is 2. The van der Waals surface area contributed by atoms with Gasteiger partial charge in [0.15, 0.2) is 11.5 Å². The minimum atomic E-state index is -0.442. The molecule has 0 unspecified atom stereocenters. The molecule has 0 saturated carbocycles. The van der Waals surface area contributed by atoms with E-state index < -0.39 is 6.03 Å². The van der Waals surface area contributed by atoms with E-state index in [1.807, 2.05) is 65.0 Å². The Balaban J connectivity index is 1.40. The molecular formula is C32H33ClN6O4. The van der Waals surface area contributed by atoms with Crippen LogP contribution >= 0.6 is 11.6 Å². The van der Waals surface area contributed by atoms with Gasteiger partial charge in [-0.15, -0.1) is 0 Å². The SMILES string of the molecule is COc1cc2nccc(Oc3cc(C)c(NC(=O)Nc4[nH]c(C(C)(C)C)nc4-c4cccnc4Cl)cc3C)c2cc1OC. The van der Waals surface area contributed by atoms with Crippen molar-refractivity contribution in [3.8, 4) is 34.3 Å². The normalized spacial score (nSPS) is 11.3. The number of benzene rings is 2. The summed E-state index contributed by atoms with van der Waals surface area (Å²) in [6.07, 6.45) is 3.28. The van der Waals surface area contributed by atoms with Crippen LogP contribution in [0.3, 0.4) is 0 Å². The Labute approximate surface area is 254 Å². The lowest BCUT2D eigenvalue weighted by atomic mass is 9.96. The summed E-state index contributed by atoms with van der Waals surface area (Å²) in [5.74, 6) is 3.53. The highest BCUT2D eigenvalue weighted by molar-refractivity contribution is 6.32. The third-order valence-corrected chi connectivity index (χ3v) is 7.17. The summed E-state index contributed by atoms with van der Waals surface area (Å²) in [5, 5.41) is 6.92. The molecule has 0 aliphatic carbocycles. The van der Waals surface area contributed by atoms with Gasteiger partial charge in [0.2, 0.25) is 0 Å². The van der Waals surface area contributed by atoms with Crippen LogP contribution in [0.1, 0.15) is 37.7 Å². The highest BCUT2D eigenvalue weighted by atomic mass is 35.5. The molecule has 2 amide bonds. The molecule has 0 saturated heterocycles. The lowest BCUT2D eigenvalue weighted by Crippen LogP contribution is -2.21. The van der Waals surface area contributed by atoms with E-state index in [9.17, 15) is 4.79 Å². The zero-order chi connectivity index (χ0) is 30.9. The number of nitrogens with one attached hydrogen (secondary N) is 3. The molecule has 3 aromatic heterocycles. The molecule has 0 aliphatic rings. The Bertz CT molecular complexity index is 1830. The van der Waals surface area contributed by atoms with Gasteiger partial charge in [-0.3, -0.25) is 10.3 Å². The number of imidazole rings is 1. The maximum absolute atomic E-state index is 13.2. The number of H-pyrrole nitrogens is 1. The number of methoxy groups -OCH3 is 2.